The summed E-state index contributed by atoms with van der Waals surface area (Å²) in [5.41, 5.74) is 5.93. The highest BCUT2D eigenvalue weighted by atomic mass is 19.1. The van der Waals surface area contributed by atoms with Crippen LogP contribution in [0.15, 0.2) is 73.1 Å². The van der Waals surface area contributed by atoms with Crippen LogP contribution in [-0.4, -0.2) is 42.4 Å². The van der Waals surface area contributed by atoms with Gasteiger partial charge in [-0.1, -0.05) is 48.5 Å². The third-order valence-corrected chi connectivity index (χ3v) is 6.61. The van der Waals surface area contributed by atoms with E-state index >= 15 is 0 Å². The van der Waals surface area contributed by atoms with Crippen molar-refractivity contribution in [3.63, 3.8) is 0 Å². The van der Waals surface area contributed by atoms with Gasteiger partial charge in [0, 0.05) is 18.2 Å². The molecule has 10 nitrogen and oxygen atoms in total. The molecule has 1 unspecified atom stereocenters. The molecule has 3 N–H and O–H groups in total. The van der Waals surface area contributed by atoms with Crippen LogP contribution in [0.25, 0.3) is 22.5 Å². The summed E-state index contributed by atoms with van der Waals surface area (Å²) in [6.07, 6.45) is 1.18. The van der Waals surface area contributed by atoms with E-state index in [9.17, 15) is 14.0 Å². The van der Waals surface area contributed by atoms with Crippen LogP contribution >= 0.6 is 0 Å². The van der Waals surface area contributed by atoms with Gasteiger partial charge >= 0.3 is 0 Å². The highest BCUT2D eigenvalue weighted by Crippen LogP contribution is 2.44. The van der Waals surface area contributed by atoms with Gasteiger partial charge in [0.2, 0.25) is 5.82 Å². The number of amides is 2. The van der Waals surface area contributed by atoms with Crippen LogP contribution in [0.2, 0.25) is 0 Å². The molecule has 1 aliphatic rings. The SMILES string of the molecule is Cc1cc(CNC(=O)c2cc(C(=O)NC3c4ccccc4-c4cc(-c5nn[nH]n5)ccc43)ncn2)ccc1F. The van der Waals surface area contributed by atoms with E-state index in [4.69, 9.17) is 0 Å². The van der Waals surface area contributed by atoms with E-state index in [2.05, 4.69) is 41.2 Å². The molecule has 2 aromatic heterocycles. The first-order chi connectivity index (χ1) is 19.0. The van der Waals surface area contributed by atoms with Crippen LogP contribution in [0.1, 0.15) is 49.3 Å². The molecular weight excluding hydrogens is 499 g/mol. The van der Waals surface area contributed by atoms with Crippen molar-refractivity contribution in [2.45, 2.75) is 19.5 Å². The topological polar surface area (TPSA) is 138 Å². The summed E-state index contributed by atoms with van der Waals surface area (Å²) >= 11 is 0. The van der Waals surface area contributed by atoms with E-state index in [0.717, 1.165) is 33.4 Å². The van der Waals surface area contributed by atoms with Crippen molar-refractivity contribution in [3.8, 4) is 22.5 Å². The number of aromatic nitrogens is 6. The van der Waals surface area contributed by atoms with E-state index in [-0.39, 0.29) is 23.7 Å². The molecule has 1 atom stereocenters. The van der Waals surface area contributed by atoms with Crippen LogP contribution in [0.3, 0.4) is 0 Å². The molecule has 0 radical (unpaired) electrons. The van der Waals surface area contributed by atoms with Gasteiger partial charge in [0.05, 0.1) is 6.04 Å². The number of hydrogen-bond acceptors (Lipinski definition) is 7. The molecule has 6 rings (SSSR count). The van der Waals surface area contributed by atoms with Crippen molar-refractivity contribution in [1.82, 2.24) is 41.2 Å². The molecule has 0 fully saturated rings. The van der Waals surface area contributed by atoms with Crippen molar-refractivity contribution in [3.05, 3.63) is 113 Å². The van der Waals surface area contributed by atoms with Gasteiger partial charge in [0.25, 0.3) is 11.8 Å². The molecule has 0 spiro atoms. The normalized spacial score (nSPS) is 13.4. The van der Waals surface area contributed by atoms with Crippen molar-refractivity contribution in [1.29, 1.82) is 0 Å². The Bertz CT molecular complexity index is 1720. The fourth-order valence-corrected chi connectivity index (χ4v) is 4.68. The third kappa shape index (κ3) is 4.61. The highest BCUT2D eigenvalue weighted by Gasteiger charge is 2.31. The molecule has 0 saturated carbocycles. The Morgan fingerprint density at radius 1 is 0.923 bits per heavy atom. The lowest BCUT2D eigenvalue weighted by atomic mass is 10.0. The van der Waals surface area contributed by atoms with Crippen molar-refractivity contribution >= 4 is 11.8 Å². The average molecular weight is 521 g/mol. The Balaban J connectivity index is 1.21. The molecule has 11 heteroatoms. The Morgan fingerprint density at radius 3 is 2.51 bits per heavy atom. The second-order valence-electron chi connectivity index (χ2n) is 9.09. The van der Waals surface area contributed by atoms with Gasteiger partial charge < -0.3 is 10.6 Å². The summed E-state index contributed by atoms with van der Waals surface area (Å²) < 4.78 is 13.5. The monoisotopic (exact) mass is 520 g/mol. The first-order valence-electron chi connectivity index (χ1n) is 12.1. The van der Waals surface area contributed by atoms with Gasteiger partial charge in [-0.25, -0.2) is 14.4 Å². The minimum atomic E-state index is -0.473. The Kier molecular flexibility index (Phi) is 6.08. The van der Waals surface area contributed by atoms with Gasteiger partial charge in [-0.3, -0.25) is 9.59 Å². The number of hydrogen-bond donors (Lipinski definition) is 3. The van der Waals surface area contributed by atoms with E-state index in [1.165, 1.54) is 18.5 Å². The number of aromatic amines is 1. The zero-order valence-electron chi connectivity index (χ0n) is 20.6. The predicted octanol–water partition coefficient (Wildman–Crippen LogP) is 3.53. The van der Waals surface area contributed by atoms with Gasteiger partial charge in [-0.05, 0) is 57.7 Å². The van der Waals surface area contributed by atoms with Crippen LogP contribution in [0, 0.1) is 12.7 Å². The molecular formula is C28H21FN8O2. The number of tetrazole rings is 1. The third-order valence-electron chi connectivity index (χ3n) is 6.61. The first-order valence-corrected chi connectivity index (χ1v) is 12.1. The fraction of sp³-hybridized carbons (Fsp3) is 0.107. The first kappa shape index (κ1) is 24.0. The van der Waals surface area contributed by atoms with Gasteiger partial charge in [0.1, 0.15) is 23.5 Å². The Morgan fingerprint density at radius 2 is 1.72 bits per heavy atom. The minimum Gasteiger partial charge on any atom is -0.347 e. The van der Waals surface area contributed by atoms with Gasteiger partial charge in [0.15, 0.2) is 0 Å². The Labute approximate surface area is 221 Å². The minimum absolute atomic E-state index is 0.0472. The second-order valence-corrected chi connectivity index (χ2v) is 9.09. The fourth-order valence-electron chi connectivity index (χ4n) is 4.68. The standard InChI is InChI=1S/C28H21FN8O2/c1-15-10-16(6-9-22(15)29)13-30-27(38)23-12-24(32-14-31-23)28(39)33-25-19-5-3-2-4-18(19)21-11-17(7-8-20(21)25)26-34-36-37-35-26/h2-12,14,25H,13H2,1H3,(H,30,38)(H,33,39)(H,34,35,36,37). The van der Waals surface area contributed by atoms with Crippen LogP contribution in [-0.2, 0) is 6.54 Å². The number of fused-ring (bicyclic) bond motifs is 3. The maximum Gasteiger partial charge on any atom is 0.270 e. The van der Waals surface area contributed by atoms with E-state index in [1.807, 2.05) is 42.5 Å². The molecule has 39 heavy (non-hydrogen) atoms. The number of halogens is 1. The lowest BCUT2D eigenvalue weighted by molar-refractivity contribution is 0.0938. The van der Waals surface area contributed by atoms with Crippen molar-refractivity contribution in [2.24, 2.45) is 0 Å². The molecule has 0 aliphatic heterocycles. The highest BCUT2D eigenvalue weighted by molar-refractivity contribution is 5.98. The number of nitrogens with zero attached hydrogens (tertiary/aromatic N) is 5. The zero-order valence-corrected chi connectivity index (χ0v) is 20.6. The molecule has 2 amide bonds. The van der Waals surface area contributed by atoms with Gasteiger partial charge in [-0.2, -0.15) is 5.21 Å². The quantitative estimate of drug-likeness (QED) is 0.311. The molecule has 0 saturated heterocycles. The maximum atomic E-state index is 13.5. The number of carbonyl (C=O) groups is 2. The molecule has 2 heterocycles. The average Bonchev–Trinajstić information content (AvgIpc) is 3.61. The summed E-state index contributed by atoms with van der Waals surface area (Å²) in [5.74, 6) is -0.755. The maximum absolute atomic E-state index is 13.5. The second kappa shape index (κ2) is 9.86. The lowest BCUT2D eigenvalue weighted by Gasteiger charge is -2.16. The van der Waals surface area contributed by atoms with Gasteiger partial charge in [-0.15, -0.1) is 10.2 Å². The van der Waals surface area contributed by atoms with Crippen molar-refractivity contribution in [2.75, 3.05) is 0 Å². The number of aryl methyl sites for hydroxylation is 1. The molecule has 0 bridgehead atoms. The summed E-state index contributed by atoms with van der Waals surface area (Å²) in [4.78, 5) is 34.1. The summed E-state index contributed by atoms with van der Waals surface area (Å²) in [6, 6.07) is 19.2. The molecule has 192 valence electrons. The summed E-state index contributed by atoms with van der Waals surface area (Å²) in [5, 5.41) is 20.0. The smallest absolute Gasteiger partial charge is 0.270 e. The van der Waals surface area contributed by atoms with Crippen LogP contribution < -0.4 is 10.6 Å². The van der Waals surface area contributed by atoms with E-state index in [1.54, 1.807) is 19.1 Å². The number of nitrogens with one attached hydrogen (secondary N) is 3. The van der Waals surface area contributed by atoms with E-state index < -0.39 is 17.9 Å². The van der Waals surface area contributed by atoms with Crippen LogP contribution in [0.4, 0.5) is 4.39 Å². The lowest BCUT2D eigenvalue weighted by Crippen LogP contribution is -2.30. The molecule has 1 aliphatic carbocycles. The summed E-state index contributed by atoms with van der Waals surface area (Å²) in [6.45, 7) is 1.84. The number of benzene rings is 3. The van der Waals surface area contributed by atoms with E-state index in [0.29, 0.717) is 11.4 Å². The number of carbonyl (C=O) groups excluding carboxylic acids is 2. The molecule has 3 aromatic carbocycles. The zero-order chi connectivity index (χ0) is 26.9. The predicted molar refractivity (Wildman–Crippen MR) is 139 cm³/mol. The number of rotatable bonds is 6. The number of H-pyrrole nitrogens is 1. The largest absolute Gasteiger partial charge is 0.347 e. The molecule has 5 aromatic rings. The summed E-state index contributed by atoms with van der Waals surface area (Å²) in [7, 11) is 0. The van der Waals surface area contributed by atoms with Crippen LogP contribution in [0.5, 0.6) is 0 Å². The van der Waals surface area contributed by atoms with Crippen molar-refractivity contribution < 1.29 is 14.0 Å². The Hall–Kier alpha value is -5.32.